The summed E-state index contributed by atoms with van der Waals surface area (Å²) in [5.41, 5.74) is 6.69. The molecular formula is C15H24ClN3O3S. The van der Waals surface area contributed by atoms with Gasteiger partial charge in [0.1, 0.15) is 0 Å². The summed E-state index contributed by atoms with van der Waals surface area (Å²) in [6.07, 6.45) is 0.619. The lowest BCUT2D eigenvalue weighted by Crippen LogP contribution is -2.45. The number of carbonyl (C=O) groups is 1. The Bertz CT molecular complexity index is 671. The summed E-state index contributed by atoms with van der Waals surface area (Å²) in [7, 11) is -3.23. The van der Waals surface area contributed by atoms with Crippen LogP contribution in [-0.4, -0.2) is 32.7 Å². The number of anilines is 2. The monoisotopic (exact) mass is 361 g/mol. The minimum absolute atomic E-state index is 0. The van der Waals surface area contributed by atoms with Crippen LogP contribution in [0, 0.1) is 5.41 Å². The molecule has 1 heterocycles. The van der Waals surface area contributed by atoms with E-state index in [-0.39, 0.29) is 29.5 Å². The van der Waals surface area contributed by atoms with Gasteiger partial charge in [-0.3, -0.25) is 9.10 Å². The van der Waals surface area contributed by atoms with Crippen molar-refractivity contribution in [1.82, 2.24) is 0 Å². The zero-order valence-corrected chi connectivity index (χ0v) is 15.2. The third-order valence-corrected chi connectivity index (χ3v) is 5.59. The fourth-order valence-corrected chi connectivity index (χ4v) is 3.84. The third-order valence-electron chi connectivity index (χ3n) is 3.72. The van der Waals surface area contributed by atoms with E-state index in [1.165, 1.54) is 4.31 Å². The van der Waals surface area contributed by atoms with E-state index in [0.29, 0.717) is 24.3 Å². The van der Waals surface area contributed by atoms with E-state index in [9.17, 15) is 13.2 Å². The van der Waals surface area contributed by atoms with Crippen molar-refractivity contribution < 1.29 is 13.2 Å². The smallest absolute Gasteiger partial charge is 0.241 e. The summed E-state index contributed by atoms with van der Waals surface area (Å²) in [4.78, 5) is 12.2. The van der Waals surface area contributed by atoms with Crippen LogP contribution in [0.1, 0.15) is 27.2 Å². The SMILES string of the molecule is CC(C)(C)[C@H](N)C(=O)Nc1cccc(N2CCCS2(=O)=O)c1.Cl. The highest BCUT2D eigenvalue weighted by molar-refractivity contribution is 7.93. The molecule has 1 atom stereocenters. The van der Waals surface area contributed by atoms with Crippen LogP contribution >= 0.6 is 12.4 Å². The van der Waals surface area contributed by atoms with Crippen LogP contribution in [0.4, 0.5) is 11.4 Å². The number of hydrogen-bond donors (Lipinski definition) is 2. The van der Waals surface area contributed by atoms with Crippen molar-refractivity contribution in [2.75, 3.05) is 21.9 Å². The summed E-state index contributed by atoms with van der Waals surface area (Å²) in [6.45, 7) is 6.15. The van der Waals surface area contributed by atoms with Gasteiger partial charge in [-0.05, 0) is 30.0 Å². The maximum Gasteiger partial charge on any atom is 0.241 e. The zero-order chi connectivity index (χ0) is 16.5. The number of rotatable bonds is 3. The molecule has 0 saturated carbocycles. The molecule has 0 unspecified atom stereocenters. The molecule has 2 rings (SSSR count). The number of sulfonamides is 1. The molecule has 0 radical (unpaired) electrons. The Hall–Kier alpha value is -1.31. The van der Waals surface area contributed by atoms with Crippen LogP contribution in [0.2, 0.25) is 0 Å². The maximum atomic E-state index is 12.2. The molecule has 8 heteroatoms. The van der Waals surface area contributed by atoms with Crippen molar-refractivity contribution in [3.63, 3.8) is 0 Å². The highest BCUT2D eigenvalue weighted by atomic mass is 35.5. The quantitative estimate of drug-likeness (QED) is 0.860. The van der Waals surface area contributed by atoms with Crippen molar-refractivity contribution in [2.45, 2.75) is 33.2 Å². The van der Waals surface area contributed by atoms with Gasteiger partial charge in [-0.15, -0.1) is 12.4 Å². The second kappa shape index (κ2) is 7.07. The molecule has 23 heavy (non-hydrogen) atoms. The second-order valence-electron chi connectivity index (χ2n) is 6.62. The van der Waals surface area contributed by atoms with Gasteiger partial charge in [0.25, 0.3) is 0 Å². The molecule has 1 aliphatic heterocycles. The molecule has 0 aromatic heterocycles. The van der Waals surface area contributed by atoms with Crippen LogP contribution in [0.5, 0.6) is 0 Å². The summed E-state index contributed by atoms with van der Waals surface area (Å²) in [5, 5.41) is 2.75. The van der Waals surface area contributed by atoms with E-state index in [1.54, 1.807) is 24.3 Å². The van der Waals surface area contributed by atoms with Gasteiger partial charge >= 0.3 is 0 Å². The van der Waals surface area contributed by atoms with E-state index >= 15 is 0 Å². The van der Waals surface area contributed by atoms with Crippen LogP contribution in [-0.2, 0) is 14.8 Å². The van der Waals surface area contributed by atoms with Crippen LogP contribution < -0.4 is 15.4 Å². The molecule has 1 aliphatic rings. The predicted octanol–water partition coefficient (Wildman–Crippen LogP) is 1.96. The summed E-state index contributed by atoms with van der Waals surface area (Å²) in [6, 6.07) is 6.19. The topological polar surface area (TPSA) is 92.5 Å². The van der Waals surface area contributed by atoms with E-state index in [2.05, 4.69) is 5.32 Å². The van der Waals surface area contributed by atoms with Gasteiger partial charge in [0.2, 0.25) is 15.9 Å². The number of nitrogens with zero attached hydrogens (tertiary/aromatic N) is 1. The fourth-order valence-electron chi connectivity index (χ4n) is 2.28. The van der Waals surface area contributed by atoms with Crippen LogP contribution in [0.15, 0.2) is 24.3 Å². The van der Waals surface area contributed by atoms with Gasteiger partial charge in [0, 0.05) is 12.2 Å². The Balaban J connectivity index is 0.00000264. The highest BCUT2D eigenvalue weighted by Gasteiger charge is 2.29. The normalized spacial score (nSPS) is 18.2. The zero-order valence-electron chi connectivity index (χ0n) is 13.6. The van der Waals surface area contributed by atoms with Crippen molar-refractivity contribution in [1.29, 1.82) is 0 Å². The third kappa shape index (κ3) is 4.59. The first-order valence-electron chi connectivity index (χ1n) is 7.28. The Morgan fingerprint density at radius 3 is 2.52 bits per heavy atom. The first-order valence-corrected chi connectivity index (χ1v) is 8.89. The van der Waals surface area contributed by atoms with Gasteiger partial charge in [0.15, 0.2) is 0 Å². The van der Waals surface area contributed by atoms with Crippen molar-refractivity contribution >= 4 is 39.7 Å². The molecule has 1 amide bonds. The Kier molecular flexibility index (Phi) is 6.06. The number of nitrogens with two attached hydrogens (primary N) is 1. The first kappa shape index (κ1) is 19.7. The van der Waals surface area contributed by atoms with Crippen molar-refractivity contribution in [3.8, 4) is 0 Å². The highest BCUT2D eigenvalue weighted by Crippen LogP contribution is 2.27. The molecular weight excluding hydrogens is 338 g/mol. The van der Waals surface area contributed by atoms with Crippen LogP contribution in [0.3, 0.4) is 0 Å². The molecule has 1 saturated heterocycles. The molecule has 3 N–H and O–H groups in total. The largest absolute Gasteiger partial charge is 0.325 e. The Labute approximate surface area is 143 Å². The van der Waals surface area contributed by atoms with E-state index in [4.69, 9.17) is 5.73 Å². The van der Waals surface area contributed by atoms with E-state index < -0.39 is 16.1 Å². The number of halogens is 1. The first-order chi connectivity index (χ1) is 10.1. The molecule has 6 nitrogen and oxygen atoms in total. The molecule has 0 bridgehead atoms. The van der Waals surface area contributed by atoms with Gasteiger partial charge in [-0.2, -0.15) is 0 Å². The molecule has 0 aliphatic carbocycles. The van der Waals surface area contributed by atoms with Crippen molar-refractivity contribution in [2.24, 2.45) is 11.1 Å². The standard InChI is InChI=1S/C15H23N3O3S.ClH/c1-15(2,3)13(16)14(19)17-11-6-4-7-12(10-11)18-8-5-9-22(18,20)21;/h4,6-7,10,13H,5,8-9,16H2,1-3H3,(H,17,19);1H/t13-;/m1./s1. The second-order valence-corrected chi connectivity index (χ2v) is 8.64. The number of amides is 1. The lowest BCUT2D eigenvalue weighted by molar-refractivity contribution is -0.119. The average molecular weight is 362 g/mol. The number of benzene rings is 1. The number of carbonyl (C=O) groups excluding carboxylic acids is 1. The van der Waals surface area contributed by atoms with E-state index in [0.717, 1.165) is 0 Å². The minimum atomic E-state index is -3.23. The van der Waals surface area contributed by atoms with Gasteiger partial charge in [-0.25, -0.2) is 8.42 Å². The lowest BCUT2D eigenvalue weighted by atomic mass is 9.87. The molecule has 130 valence electrons. The molecule has 1 aromatic carbocycles. The molecule has 0 spiro atoms. The predicted molar refractivity (Wildman–Crippen MR) is 95.5 cm³/mol. The van der Waals surface area contributed by atoms with Crippen molar-refractivity contribution in [3.05, 3.63) is 24.3 Å². The Morgan fingerprint density at radius 2 is 2.00 bits per heavy atom. The van der Waals surface area contributed by atoms with Gasteiger partial charge in [0.05, 0.1) is 17.5 Å². The number of nitrogens with one attached hydrogen (secondary N) is 1. The molecule has 1 fully saturated rings. The lowest BCUT2D eigenvalue weighted by Gasteiger charge is -2.26. The summed E-state index contributed by atoms with van der Waals surface area (Å²) < 4.78 is 25.3. The van der Waals surface area contributed by atoms with Gasteiger partial charge < -0.3 is 11.1 Å². The number of hydrogen-bond acceptors (Lipinski definition) is 4. The maximum absolute atomic E-state index is 12.2. The van der Waals surface area contributed by atoms with E-state index in [1.807, 2.05) is 20.8 Å². The summed E-state index contributed by atoms with van der Waals surface area (Å²) in [5.74, 6) is -0.118. The summed E-state index contributed by atoms with van der Waals surface area (Å²) >= 11 is 0. The molecule has 1 aromatic rings. The fraction of sp³-hybridized carbons (Fsp3) is 0.533. The van der Waals surface area contributed by atoms with Crippen LogP contribution in [0.25, 0.3) is 0 Å². The Morgan fingerprint density at radius 1 is 1.35 bits per heavy atom. The minimum Gasteiger partial charge on any atom is -0.325 e. The van der Waals surface area contributed by atoms with Gasteiger partial charge in [-0.1, -0.05) is 26.8 Å². The average Bonchev–Trinajstić information content (AvgIpc) is 2.76.